The van der Waals surface area contributed by atoms with E-state index in [2.05, 4.69) is 0 Å². The summed E-state index contributed by atoms with van der Waals surface area (Å²) in [6, 6.07) is 9.24. The van der Waals surface area contributed by atoms with Gasteiger partial charge in [-0.25, -0.2) is 0 Å². The Labute approximate surface area is 90.4 Å². The molecular formula is C12H9F3N+. The molecule has 1 aromatic heterocycles. The predicted octanol–water partition coefficient (Wildman–Crippen LogP) is 3.20. The van der Waals surface area contributed by atoms with Gasteiger partial charge in [0.1, 0.15) is 0 Å². The number of benzene rings is 1. The average molecular weight is 224 g/mol. The third kappa shape index (κ3) is 2.21. The van der Waals surface area contributed by atoms with Crippen molar-refractivity contribution in [3.05, 3.63) is 54.6 Å². The van der Waals surface area contributed by atoms with E-state index in [1.54, 1.807) is 18.5 Å². The Bertz CT molecular complexity index is 545. The summed E-state index contributed by atoms with van der Waals surface area (Å²) in [6.45, 7) is -0.437. The lowest BCUT2D eigenvalue weighted by Gasteiger charge is -1.97. The summed E-state index contributed by atoms with van der Waals surface area (Å²) in [4.78, 5) is 0. The number of hydrogen-bond donors (Lipinski definition) is 0. The predicted molar refractivity (Wildman–Crippen MR) is 54.5 cm³/mol. The minimum Gasteiger partial charge on any atom is -0.199 e. The molecule has 0 aliphatic heterocycles. The summed E-state index contributed by atoms with van der Waals surface area (Å²) in [5.74, 6) is -1.40. The van der Waals surface area contributed by atoms with Gasteiger partial charge in [-0.15, -0.1) is 0 Å². The maximum atomic E-state index is 12.7. The van der Waals surface area contributed by atoms with Gasteiger partial charge in [-0.05, 0) is 11.5 Å². The molecule has 1 nitrogen and oxygen atoms in total. The van der Waals surface area contributed by atoms with E-state index in [-0.39, 0.29) is 0 Å². The molecule has 0 aliphatic rings. The first-order chi connectivity index (χ1) is 7.66. The maximum Gasteiger partial charge on any atom is 0.308 e. The molecule has 2 aromatic rings. The second kappa shape index (κ2) is 4.35. The zero-order valence-electron chi connectivity index (χ0n) is 8.33. The smallest absolute Gasteiger partial charge is 0.199 e. The number of pyridine rings is 1. The van der Waals surface area contributed by atoms with Gasteiger partial charge in [0.05, 0.1) is 0 Å². The number of fused-ring (bicyclic) bond motifs is 1. The monoisotopic (exact) mass is 224 g/mol. The minimum atomic E-state index is -2.26. The molecule has 0 radical (unpaired) electrons. The standard InChI is InChI=1S/C12H9F3N/c13-11(12(14)15)8-16-6-5-9-3-1-2-4-10(9)7-16/h1-7H,8H2/q+1. The van der Waals surface area contributed by atoms with Gasteiger partial charge in [0.25, 0.3) is 0 Å². The van der Waals surface area contributed by atoms with Crippen LogP contribution in [0.1, 0.15) is 0 Å². The van der Waals surface area contributed by atoms with Crippen LogP contribution in [0.2, 0.25) is 0 Å². The number of aromatic nitrogens is 1. The number of hydrogen-bond acceptors (Lipinski definition) is 0. The van der Waals surface area contributed by atoms with Crippen LogP contribution in [0.25, 0.3) is 10.8 Å². The molecule has 0 fully saturated rings. The van der Waals surface area contributed by atoms with Crippen LogP contribution in [-0.2, 0) is 6.54 Å². The van der Waals surface area contributed by atoms with E-state index < -0.39 is 18.5 Å². The van der Waals surface area contributed by atoms with E-state index in [0.29, 0.717) is 0 Å². The van der Waals surface area contributed by atoms with E-state index in [4.69, 9.17) is 0 Å². The Morgan fingerprint density at radius 3 is 2.38 bits per heavy atom. The van der Waals surface area contributed by atoms with Gasteiger partial charge in [0.2, 0.25) is 12.4 Å². The van der Waals surface area contributed by atoms with Gasteiger partial charge in [0, 0.05) is 11.5 Å². The lowest BCUT2D eigenvalue weighted by Crippen LogP contribution is -2.33. The van der Waals surface area contributed by atoms with Crippen molar-refractivity contribution in [1.29, 1.82) is 0 Å². The van der Waals surface area contributed by atoms with Crippen LogP contribution in [0.4, 0.5) is 13.2 Å². The summed E-state index contributed by atoms with van der Waals surface area (Å²) in [5, 5.41) is 1.88. The molecule has 0 saturated heterocycles. The normalized spacial score (nSPS) is 10.4. The third-order valence-corrected chi connectivity index (χ3v) is 2.27. The summed E-state index contributed by atoms with van der Waals surface area (Å²) in [6.07, 6.45) is 0.948. The fraction of sp³-hybridized carbons (Fsp3) is 0.0833. The van der Waals surface area contributed by atoms with Crippen molar-refractivity contribution in [2.45, 2.75) is 6.54 Å². The summed E-state index contributed by atoms with van der Waals surface area (Å²) >= 11 is 0. The topological polar surface area (TPSA) is 3.88 Å². The van der Waals surface area contributed by atoms with Crippen LogP contribution in [0.5, 0.6) is 0 Å². The molecule has 4 heteroatoms. The lowest BCUT2D eigenvalue weighted by molar-refractivity contribution is -0.689. The largest absolute Gasteiger partial charge is 0.308 e. The molecule has 0 amide bonds. The van der Waals surface area contributed by atoms with Crippen molar-refractivity contribution in [1.82, 2.24) is 0 Å². The molecule has 0 spiro atoms. The van der Waals surface area contributed by atoms with Crippen molar-refractivity contribution >= 4 is 10.8 Å². The highest BCUT2D eigenvalue weighted by Crippen LogP contribution is 2.12. The van der Waals surface area contributed by atoms with Crippen LogP contribution >= 0.6 is 0 Å². The molecule has 0 aliphatic carbocycles. The van der Waals surface area contributed by atoms with E-state index in [0.717, 1.165) is 10.8 Å². The van der Waals surface area contributed by atoms with Crippen molar-refractivity contribution < 1.29 is 17.7 Å². The zero-order valence-corrected chi connectivity index (χ0v) is 8.33. The third-order valence-electron chi connectivity index (χ3n) is 2.27. The van der Waals surface area contributed by atoms with Crippen LogP contribution in [-0.4, -0.2) is 0 Å². The highest BCUT2D eigenvalue weighted by molar-refractivity contribution is 5.80. The van der Waals surface area contributed by atoms with Crippen molar-refractivity contribution in [3.8, 4) is 0 Å². The highest BCUT2D eigenvalue weighted by atomic mass is 19.3. The maximum absolute atomic E-state index is 12.7. The number of rotatable bonds is 2. The van der Waals surface area contributed by atoms with E-state index in [1.165, 1.54) is 4.57 Å². The lowest BCUT2D eigenvalue weighted by atomic mass is 10.2. The Balaban J connectivity index is 2.37. The minimum absolute atomic E-state index is 0.437. The molecule has 2 rings (SSSR count). The van der Waals surface area contributed by atoms with Crippen molar-refractivity contribution in [2.24, 2.45) is 0 Å². The molecule has 82 valence electrons. The van der Waals surface area contributed by atoms with Gasteiger partial charge in [-0.1, -0.05) is 18.2 Å². The second-order valence-electron chi connectivity index (χ2n) is 3.41. The highest BCUT2D eigenvalue weighted by Gasteiger charge is 2.11. The zero-order chi connectivity index (χ0) is 11.5. The van der Waals surface area contributed by atoms with E-state index >= 15 is 0 Å². The Kier molecular flexibility index (Phi) is 2.90. The molecule has 0 bridgehead atoms. The van der Waals surface area contributed by atoms with Crippen LogP contribution in [0.3, 0.4) is 0 Å². The Hall–Kier alpha value is -1.84. The molecule has 0 saturated carbocycles. The molecule has 1 heterocycles. The number of halogens is 3. The Morgan fingerprint density at radius 1 is 1.00 bits per heavy atom. The Morgan fingerprint density at radius 2 is 1.69 bits per heavy atom. The molecule has 16 heavy (non-hydrogen) atoms. The molecule has 0 unspecified atom stereocenters. The fourth-order valence-electron chi connectivity index (χ4n) is 1.50. The second-order valence-corrected chi connectivity index (χ2v) is 3.41. The first-order valence-corrected chi connectivity index (χ1v) is 4.74. The van der Waals surface area contributed by atoms with Crippen LogP contribution in [0, 0.1) is 0 Å². The first kappa shape index (κ1) is 10.7. The molecular weight excluding hydrogens is 215 g/mol. The van der Waals surface area contributed by atoms with E-state index in [1.807, 2.05) is 24.3 Å². The van der Waals surface area contributed by atoms with Gasteiger partial charge in [-0.2, -0.15) is 17.7 Å². The first-order valence-electron chi connectivity index (χ1n) is 4.74. The fourth-order valence-corrected chi connectivity index (χ4v) is 1.50. The average Bonchev–Trinajstić information content (AvgIpc) is 2.28. The van der Waals surface area contributed by atoms with Crippen molar-refractivity contribution in [3.63, 3.8) is 0 Å². The molecule has 0 atom stereocenters. The van der Waals surface area contributed by atoms with Crippen LogP contribution < -0.4 is 4.57 Å². The van der Waals surface area contributed by atoms with Gasteiger partial charge < -0.3 is 0 Å². The van der Waals surface area contributed by atoms with Gasteiger partial charge in [-0.3, -0.25) is 0 Å². The molecule has 0 N–H and O–H groups in total. The summed E-state index contributed by atoms with van der Waals surface area (Å²) in [7, 11) is 0. The van der Waals surface area contributed by atoms with E-state index in [9.17, 15) is 13.2 Å². The summed E-state index contributed by atoms with van der Waals surface area (Å²) in [5.41, 5.74) is 0. The quantitative estimate of drug-likeness (QED) is 0.689. The van der Waals surface area contributed by atoms with Crippen LogP contribution in [0.15, 0.2) is 54.6 Å². The van der Waals surface area contributed by atoms with Crippen molar-refractivity contribution in [2.75, 3.05) is 0 Å². The SMILES string of the molecule is FC(F)=C(F)C[n+]1ccc2ccccc2c1. The molecule has 1 aromatic carbocycles. The number of nitrogens with zero attached hydrogens (tertiary/aromatic N) is 1. The van der Waals surface area contributed by atoms with Gasteiger partial charge in [0.15, 0.2) is 12.4 Å². The van der Waals surface area contributed by atoms with Gasteiger partial charge >= 0.3 is 6.08 Å². The summed E-state index contributed by atoms with van der Waals surface area (Å²) < 4.78 is 37.9. The number of allylic oxidation sites excluding steroid dienone is 1.